The van der Waals surface area contributed by atoms with Crippen LogP contribution in [-0.4, -0.2) is 28.6 Å². The Balaban J connectivity index is 0. The van der Waals surface area contributed by atoms with Gasteiger partial charge < -0.3 is 10.8 Å². The van der Waals surface area contributed by atoms with Crippen LogP contribution in [-0.2, 0) is 4.79 Å². The van der Waals surface area contributed by atoms with Crippen molar-refractivity contribution < 1.29 is 9.90 Å². The third kappa shape index (κ3) is 12.0. The first kappa shape index (κ1) is 17.5. The Kier molecular flexibility index (Phi) is 14.1. The number of carboxylic acid groups (broad SMARTS) is 1. The maximum Gasteiger partial charge on any atom is 0.321 e. The largest absolute Gasteiger partial charge is 0.480 e. The molecule has 0 aromatic carbocycles. The van der Waals surface area contributed by atoms with Crippen molar-refractivity contribution in [1.82, 2.24) is 0 Å². The minimum atomic E-state index is -0.900. The molecule has 0 radical (unpaired) electrons. The highest BCUT2D eigenvalue weighted by molar-refractivity contribution is 7.99. The Labute approximate surface area is 103 Å². The topological polar surface area (TPSA) is 63.3 Å². The highest BCUT2D eigenvalue weighted by Crippen LogP contribution is 2.09. The molecule has 0 rings (SSSR count). The molecule has 0 fully saturated rings. The molecule has 15 heavy (non-hydrogen) atoms. The molecule has 0 aromatic heterocycles. The van der Waals surface area contributed by atoms with Crippen LogP contribution < -0.4 is 5.73 Å². The normalized spacial score (nSPS) is 11.9. The van der Waals surface area contributed by atoms with E-state index in [4.69, 9.17) is 10.8 Å². The molecule has 0 aromatic rings. The molecular weight excluding hydrogens is 234 g/mol. The van der Waals surface area contributed by atoms with Crippen LogP contribution in [0.25, 0.3) is 0 Å². The van der Waals surface area contributed by atoms with Gasteiger partial charge in [0.05, 0.1) is 0 Å². The Morgan fingerprint density at radius 2 is 1.93 bits per heavy atom. The standard InChI is InChI=1S/C10H21NO2S.ClH/c1-2-3-4-5-6-7-14-8-9(11)10(12)13;/h9H,2-8,11H2,1H3,(H,12,13);1H/t9-;/m0./s1. The molecule has 0 aliphatic heterocycles. The first-order valence-corrected chi connectivity index (χ1v) is 6.40. The first-order chi connectivity index (χ1) is 6.68. The Hall–Kier alpha value is 0.0700. The number of hydrogen-bond donors (Lipinski definition) is 2. The zero-order valence-electron chi connectivity index (χ0n) is 9.28. The number of hydrogen-bond acceptors (Lipinski definition) is 3. The summed E-state index contributed by atoms with van der Waals surface area (Å²) in [6, 6.07) is -0.698. The Bertz CT molecular complexity index is 158. The SMILES string of the molecule is CCCCCCCSC[C@H](N)C(=O)O.Cl. The van der Waals surface area contributed by atoms with E-state index in [0.717, 1.165) is 5.75 Å². The number of carbonyl (C=O) groups is 1. The summed E-state index contributed by atoms with van der Waals surface area (Å²) in [4.78, 5) is 10.4. The number of thioether (sulfide) groups is 1. The molecular formula is C10H22ClNO2S. The van der Waals surface area contributed by atoms with Crippen LogP contribution in [0.3, 0.4) is 0 Å². The first-order valence-electron chi connectivity index (χ1n) is 5.24. The molecule has 92 valence electrons. The Morgan fingerprint density at radius 1 is 1.33 bits per heavy atom. The van der Waals surface area contributed by atoms with Gasteiger partial charge >= 0.3 is 5.97 Å². The summed E-state index contributed by atoms with van der Waals surface area (Å²) in [6.07, 6.45) is 6.29. The average Bonchev–Trinajstić information content (AvgIpc) is 2.16. The fourth-order valence-electron chi connectivity index (χ4n) is 1.09. The van der Waals surface area contributed by atoms with Crippen LogP contribution in [0.1, 0.15) is 39.0 Å². The Morgan fingerprint density at radius 3 is 2.47 bits per heavy atom. The summed E-state index contributed by atoms with van der Waals surface area (Å²) < 4.78 is 0. The number of nitrogens with two attached hydrogens (primary N) is 1. The van der Waals surface area contributed by atoms with Crippen molar-refractivity contribution in [2.45, 2.75) is 45.1 Å². The summed E-state index contributed by atoms with van der Waals surface area (Å²) in [5.41, 5.74) is 5.36. The lowest BCUT2D eigenvalue weighted by molar-refractivity contribution is -0.137. The van der Waals surface area contributed by atoms with Gasteiger partial charge in [0, 0.05) is 5.75 Å². The molecule has 0 unspecified atom stereocenters. The van der Waals surface area contributed by atoms with Crippen LogP contribution in [0.15, 0.2) is 0 Å². The van der Waals surface area contributed by atoms with E-state index in [9.17, 15) is 4.79 Å². The lowest BCUT2D eigenvalue weighted by atomic mass is 10.2. The van der Waals surface area contributed by atoms with E-state index in [1.165, 1.54) is 32.1 Å². The number of aliphatic carboxylic acids is 1. The molecule has 0 spiro atoms. The third-order valence-electron chi connectivity index (χ3n) is 2.01. The van der Waals surface area contributed by atoms with Crippen molar-refractivity contribution in [3.63, 3.8) is 0 Å². The van der Waals surface area contributed by atoms with E-state index < -0.39 is 12.0 Å². The fourth-order valence-corrected chi connectivity index (χ4v) is 2.06. The second-order valence-corrected chi connectivity index (χ2v) is 4.58. The molecule has 0 aliphatic rings. The summed E-state index contributed by atoms with van der Waals surface area (Å²) in [5, 5.41) is 8.52. The highest BCUT2D eigenvalue weighted by atomic mass is 35.5. The quantitative estimate of drug-likeness (QED) is 0.622. The van der Waals surface area contributed by atoms with Crippen molar-refractivity contribution >= 4 is 30.1 Å². The molecule has 3 N–H and O–H groups in total. The van der Waals surface area contributed by atoms with Crippen molar-refractivity contribution in [3.8, 4) is 0 Å². The number of halogens is 1. The minimum Gasteiger partial charge on any atom is -0.480 e. The molecule has 1 atom stereocenters. The molecule has 5 heteroatoms. The minimum absolute atomic E-state index is 0. The predicted molar refractivity (Wildman–Crippen MR) is 68.9 cm³/mol. The van der Waals surface area contributed by atoms with Gasteiger partial charge in [-0.05, 0) is 12.2 Å². The van der Waals surface area contributed by atoms with Gasteiger partial charge in [0.2, 0.25) is 0 Å². The lowest BCUT2D eigenvalue weighted by Crippen LogP contribution is -2.32. The van der Waals surface area contributed by atoms with E-state index in [0.29, 0.717) is 5.75 Å². The monoisotopic (exact) mass is 255 g/mol. The number of unbranched alkanes of at least 4 members (excludes halogenated alkanes) is 4. The van der Waals surface area contributed by atoms with E-state index in [1.807, 2.05) is 0 Å². The van der Waals surface area contributed by atoms with E-state index in [2.05, 4.69) is 6.92 Å². The van der Waals surface area contributed by atoms with Gasteiger partial charge in [-0.2, -0.15) is 11.8 Å². The van der Waals surface area contributed by atoms with Gasteiger partial charge in [0.15, 0.2) is 0 Å². The molecule has 0 amide bonds. The van der Waals surface area contributed by atoms with Crippen LogP contribution >= 0.6 is 24.2 Å². The summed E-state index contributed by atoms with van der Waals surface area (Å²) in [7, 11) is 0. The van der Waals surface area contributed by atoms with Crippen molar-refractivity contribution in [2.75, 3.05) is 11.5 Å². The van der Waals surface area contributed by atoms with Gasteiger partial charge in [-0.3, -0.25) is 4.79 Å². The van der Waals surface area contributed by atoms with Crippen LogP contribution in [0.2, 0.25) is 0 Å². The van der Waals surface area contributed by atoms with Gasteiger partial charge in [-0.15, -0.1) is 12.4 Å². The van der Waals surface area contributed by atoms with Crippen molar-refractivity contribution in [1.29, 1.82) is 0 Å². The fraction of sp³-hybridized carbons (Fsp3) is 0.900. The van der Waals surface area contributed by atoms with E-state index in [-0.39, 0.29) is 12.4 Å². The van der Waals surface area contributed by atoms with Crippen LogP contribution in [0.4, 0.5) is 0 Å². The number of carboxylic acids is 1. The van der Waals surface area contributed by atoms with Gasteiger partial charge in [-0.1, -0.05) is 32.6 Å². The summed E-state index contributed by atoms with van der Waals surface area (Å²) >= 11 is 1.64. The smallest absolute Gasteiger partial charge is 0.321 e. The zero-order chi connectivity index (χ0) is 10.8. The van der Waals surface area contributed by atoms with Crippen LogP contribution in [0.5, 0.6) is 0 Å². The molecule has 0 heterocycles. The molecule has 0 bridgehead atoms. The maximum atomic E-state index is 10.4. The third-order valence-corrected chi connectivity index (χ3v) is 3.18. The molecule has 0 saturated carbocycles. The summed E-state index contributed by atoms with van der Waals surface area (Å²) in [5.74, 6) is 0.664. The lowest BCUT2D eigenvalue weighted by Gasteiger charge is -2.05. The second-order valence-electron chi connectivity index (χ2n) is 3.43. The van der Waals surface area contributed by atoms with E-state index >= 15 is 0 Å². The maximum absolute atomic E-state index is 10.4. The van der Waals surface area contributed by atoms with E-state index in [1.54, 1.807) is 11.8 Å². The highest BCUT2D eigenvalue weighted by Gasteiger charge is 2.09. The second kappa shape index (κ2) is 12.1. The summed E-state index contributed by atoms with van der Waals surface area (Å²) in [6.45, 7) is 2.20. The number of rotatable bonds is 9. The van der Waals surface area contributed by atoms with Gasteiger partial charge in [-0.25, -0.2) is 0 Å². The van der Waals surface area contributed by atoms with Crippen LogP contribution in [0, 0.1) is 0 Å². The predicted octanol–water partition coefficient (Wildman–Crippen LogP) is 2.52. The molecule has 0 aliphatic carbocycles. The van der Waals surface area contributed by atoms with Gasteiger partial charge in [0.25, 0.3) is 0 Å². The molecule has 0 saturated heterocycles. The average molecular weight is 256 g/mol. The zero-order valence-corrected chi connectivity index (χ0v) is 10.9. The van der Waals surface area contributed by atoms with Crippen molar-refractivity contribution in [3.05, 3.63) is 0 Å². The molecule has 3 nitrogen and oxygen atoms in total. The van der Waals surface area contributed by atoms with Crippen molar-refractivity contribution in [2.24, 2.45) is 5.73 Å². The van der Waals surface area contributed by atoms with Gasteiger partial charge in [0.1, 0.15) is 6.04 Å².